The maximum atomic E-state index is 13.0. The van der Waals surface area contributed by atoms with Gasteiger partial charge in [0, 0.05) is 7.05 Å². The Labute approximate surface area is 109 Å². The minimum Gasteiger partial charge on any atom is -0.334 e. The van der Waals surface area contributed by atoms with Crippen molar-refractivity contribution in [1.29, 1.82) is 0 Å². The van der Waals surface area contributed by atoms with Crippen LogP contribution in [0.5, 0.6) is 0 Å². The molecule has 0 aliphatic rings. The van der Waals surface area contributed by atoms with E-state index in [1.807, 2.05) is 6.92 Å². The van der Waals surface area contributed by atoms with E-state index in [1.54, 1.807) is 24.3 Å². The van der Waals surface area contributed by atoms with Crippen molar-refractivity contribution in [3.63, 3.8) is 0 Å². The first-order chi connectivity index (χ1) is 8.67. The first kappa shape index (κ1) is 15.5. The lowest BCUT2D eigenvalue weighted by atomic mass is 10.1. The molecule has 19 heavy (non-hydrogen) atoms. The van der Waals surface area contributed by atoms with Crippen molar-refractivity contribution in [3.8, 4) is 0 Å². The van der Waals surface area contributed by atoms with E-state index in [-0.39, 0.29) is 0 Å². The highest BCUT2D eigenvalue weighted by Crippen LogP contribution is 2.29. The van der Waals surface area contributed by atoms with E-state index in [0.717, 1.165) is 12.6 Å². The predicted octanol–water partition coefficient (Wildman–Crippen LogP) is 3.41. The fourth-order valence-electron chi connectivity index (χ4n) is 1.57. The number of hydrogen-bond acceptors (Lipinski definition) is 1. The van der Waals surface area contributed by atoms with Gasteiger partial charge >= 0.3 is 12.3 Å². The van der Waals surface area contributed by atoms with Gasteiger partial charge in [0.05, 0.1) is 6.04 Å². The van der Waals surface area contributed by atoms with E-state index in [4.69, 9.17) is 0 Å². The van der Waals surface area contributed by atoms with Crippen LogP contribution >= 0.6 is 0 Å². The predicted molar refractivity (Wildman–Crippen MR) is 63.3 cm³/mol. The zero-order valence-electron chi connectivity index (χ0n) is 10.8. The van der Waals surface area contributed by atoms with E-state index in [0.29, 0.717) is 10.5 Å². The zero-order valence-corrected chi connectivity index (χ0v) is 10.8. The normalized spacial score (nSPS) is 13.5. The Hall–Kier alpha value is -1.59. The molecule has 0 spiro atoms. The van der Waals surface area contributed by atoms with Gasteiger partial charge in [-0.25, -0.2) is 8.78 Å². The average Bonchev–Trinajstić information content (AvgIpc) is 2.36. The Morgan fingerprint density at radius 1 is 1.21 bits per heavy atom. The van der Waals surface area contributed by atoms with Crippen LogP contribution in [0.3, 0.4) is 0 Å². The molecule has 106 valence electrons. The molecule has 0 saturated heterocycles. The monoisotopic (exact) mass is 277 g/mol. The summed E-state index contributed by atoms with van der Waals surface area (Å²) in [6.45, 7) is 3.36. The Balaban J connectivity index is 2.91. The summed E-state index contributed by atoms with van der Waals surface area (Å²) in [5, 5.41) is 0. The summed E-state index contributed by atoms with van der Waals surface area (Å²) >= 11 is 0. The van der Waals surface area contributed by atoms with Gasteiger partial charge in [-0.1, -0.05) is 29.8 Å². The van der Waals surface area contributed by atoms with Crippen LogP contribution in [0.1, 0.15) is 24.1 Å². The second-order valence-corrected chi connectivity index (χ2v) is 4.43. The highest BCUT2D eigenvalue weighted by atomic mass is 19.3. The quantitative estimate of drug-likeness (QED) is 0.772. The number of rotatable bonds is 4. The molecule has 6 heteroatoms. The van der Waals surface area contributed by atoms with Gasteiger partial charge in [-0.05, 0) is 19.4 Å². The van der Waals surface area contributed by atoms with Crippen LogP contribution in [0.2, 0.25) is 0 Å². The van der Waals surface area contributed by atoms with Crippen LogP contribution in [0.25, 0.3) is 0 Å². The molecule has 0 radical (unpaired) electrons. The number of hydrogen-bond donors (Lipinski definition) is 0. The Morgan fingerprint density at radius 3 is 2.11 bits per heavy atom. The standard InChI is InChI=1S/C13H15F4NO/c1-8-4-6-10(7-5-8)9(2)18(3)12(19)13(16,17)11(14)15/h4-7,9,11H,1-3H3. The average molecular weight is 277 g/mol. The van der Waals surface area contributed by atoms with E-state index >= 15 is 0 Å². The van der Waals surface area contributed by atoms with Crippen molar-refractivity contribution in [2.24, 2.45) is 0 Å². The van der Waals surface area contributed by atoms with E-state index in [9.17, 15) is 22.4 Å². The third-order valence-electron chi connectivity index (χ3n) is 3.02. The summed E-state index contributed by atoms with van der Waals surface area (Å²) in [6, 6.07) is 6.15. The molecule has 1 atom stereocenters. The summed E-state index contributed by atoms with van der Waals surface area (Å²) in [7, 11) is 1.09. The van der Waals surface area contributed by atoms with Crippen LogP contribution in [0, 0.1) is 6.92 Å². The summed E-state index contributed by atoms with van der Waals surface area (Å²) in [4.78, 5) is 12.0. The summed E-state index contributed by atoms with van der Waals surface area (Å²) in [5.41, 5.74) is 1.58. The molecule has 1 rings (SSSR count). The highest BCUT2D eigenvalue weighted by molar-refractivity contribution is 5.84. The largest absolute Gasteiger partial charge is 0.383 e. The van der Waals surface area contributed by atoms with Crippen molar-refractivity contribution >= 4 is 5.91 Å². The topological polar surface area (TPSA) is 20.3 Å². The minimum absolute atomic E-state index is 0.603. The van der Waals surface area contributed by atoms with Crippen LogP contribution < -0.4 is 0 Å². The van der Waals surface area contributed by atoms with Crippen molar-refractivity contribution in [2.45, 2.75) is 32.2 Å². The molecule has 2 nitrogen and oxygen atoms in total. The maximum Gasteiger partial charge on any atom is 0.383 e. The third kappa shape index (κ3) is 3.24. The smallest absolute Gasteiger partial charge is 0.334 e. The van der Waals surface area contributed by atoms with Gasteiger partial charge in [-0.2, -0.15) is 8.78 Å². The molecular weight excluding hydrogens is 262 g/mol. The van der Waals surface area contributed by atoms with Crippen molar-refractivity contribution < 1.29 is 22.4 Å². The Kier molecular flexibility index (Phi) is 4.55. The second-order valence-electron chi connectivity index (χ2n) is 4.43. The minimum atomic E-state index is -4.66. The van der Waals surface area contributed by atoms with E-state index < -0.39 is 24.3 Å². The third-order valence-corrected chi connectivity index (χ3v) is 3.02. The second kappa shape index (κ2) is 5.59. The van der Waals surface area contributed by atoms with Gasteiger partial charge in [0.1, 0.15) is 0 Å². The lowest BCUT2D eigenvalue weighted by molar-refractivity contribution is -0.181. The van der Waals surface area contributed by atoms with Gasteiger partial charge < -0.3 is 4.90 Å². The molecule has 0 aromatic heterocycles. The molecule has 0 aliphatic carbocycles. The van der Waals surface area contributed by atoms with E-state index in [1.165, 1.54) is 6.92 Å². The SMILES string of the molecule is Cc1ccc(C(C)N(C)C(=O)C(F)(F)C(F)F)cc1. The van der Waals surface area contributed by atoms with Crippen LogP contribution in [0.4, 0.5) is 17.6 Å². The fourth-order valence-corrected chi connectivity index (χ4v) is 1.57. The number of nitrogens with zero attached hydrogens (tertiary/aromatic N) is 1. The molecule has 0 fully saturated rings. The lowest BCUT2D eigenvalue weighted by Gasteiger charge is -2.28. The number of benzene rings is 1. The maximum absolute atomic E-state index is 13.0. The van der Waals surface area contributed by atoms with Gasteiger partial charge in [0.15, 0.2) is 0 Å². The molecule has 0 heterocycles. The van der Waals surface area contributed by atoms with Gasteiger partial charge in [-0.3, -0.25) is 4.79 Å². The van der Waals surface area contributed by atoms with E-state index in [2.05, 4.69) is 0 Å². The number of amides is 1. The number of halogens is 4. The van der Waals surface area contributed by atoms with Crippen molar-refractivity contribution in [1.82, 2.24) is 4.90 Å². The van der Waals surface area contributed by atoms with Crippen LogP contribution in [-0.4, -0.2) is 30.2 Å². The number of alkyl halides is 4. The summed E-state index contributed by atoms with van der Waals surface area (Å²) in [6.07, 6.45) is -4.01. The molecule has 0 aliphatic heterocycles. The molecule has 0 N–H and O–H groups in total. The zero-order chi connectivity index (χ0) is 14.8. The first-order valence-corrected chi connectivity index (χ1v) is 5.67. The molecule has 1 aromatic rings. The Bertz CT molecular complexity index is 444. The van der Waals surface area contributed by atoms with Crippen molar-refractivity contribution in [3.05, 3.63) is 35.4 Å². The first-order valence-electron chi connectivity index (χ1n) is 5.67. The Morgan fingerprint density at radius 2 is 1.68 bits per heavy atom. The molecule has 1 unspecified atom stereocenters. The molecule has 1 aromatic carbocycles. The van der Waals surface area contributed by atoms with Gasteiger partial charge in [-0.15, -0.1) is 0 Å². The highest BCUT2D eigenvalue weighted by Gasteiger charge is 2.51. The number of carbonyl (C=O) groups is 1. The molecule has 0 saturated carbocycles. The summed E-state index contributed by atoms with van der Waals surface area (Å²) in [5.74, 6) is -6.54. The molecular formula is C13H15F4NO. The van der Waals surface area contributed by atoms with Gasteiger partial charge in [0.2, 0.25) is 0 Å². The van der Waals surface area contributed by atoms with Crippen LogP contribution in [-0.2, 0) is 4.79 Å². The summed E-state index contributed by atoms with van der Waals surface area (Å²) < 4.78 is 50.3. The number of aryl methyl sites for hydroxylation is 1. The number of carbonyl (C=O) groups excluding carboxylic acids is 1. The van der Waals surface area contributed by atoms with Crippen molar-refractivity contribution in [2.75, 3.05) is 7.05 Å². The van der Waals surface area contributed by atoms with Gasteiger partial charge in [0.25, 0.3) is 5.91 Å². The van der Waals surface area contributed by atoms with Crippen LogP contribution in [0.15, 0.2) is 24.3 Å². The fraction of sp³-hybridized carbons (Fsp3) is 0.462. The molecule has 0 bridgehead atoms. The lowest BCUT2D eigenvalue weighted by Crippen LogP contribution is -2.46. The molecule has 1 amide bonds.